The van der Waals surface area contributed by atoms with E-state index in [1.165, 1.54) is 28.8 Å². The number of hydrogen-bond donors (Lipinski definition) is 2. The van der Waals surface area contributed by atoms with E-state index in [2.05, 4.69) is 15.3 Å². The summed E-state index contributed by atoms with van der Waals surface area (Å²) in [4.78, 5) is 44.8. The summed E-state index contributed by atoms with van der Waals surface area (Å²) in [5.41, 5.74) is 0.202. The predicted octanol–water partition coefficient (Wildman–Crippen LogP) is 2.32. The Hall–Kier alpha value is -3.21. The molecule has 1 aromatic carbocycles. The van der Waals surface area contributed by atoms with Gasteiger partial charge in [-0.05, 0) is 36.6 Å². The third kappa shape index (κ3) is 5.82. The molecule has 0 saturated carbocycles. The predicted molar refractivity (Wildman–Crippen MR) is 131 cm³/mol. The van der Waals surface area contributed by atoms with Crippen molar-refractivity contribution in [2.24, 2.45) is 5.92 Å². The SMILES string of the molecule is CCCCn1c(=O)[nH]c(=O)c2c1nc(CCC(=O)Nc1ccc(S(C)(=O)=O)cc1)n2CC(C)C. The van der Waals surface area contributed by atoms with E-state index in [4.69, 9.17) is 0 Å². The Bertz CT molecular complexity index is 1400. The Labute approximate surface area is 197 Å². The number of unbranched alkanes of at least 4 members (excludes halogenated alkanes) is 1. The summed E-state index contributed by atoms with van der Waals surface area (Å²) >= 11 is 0. The maximum absolute atomic E-state index is 12.7. The average molecular weight is 490 g/mol. The summed E-state index contributed by atoms with van der Waals surface area (Å²) in [7, 11) is -3.31. The highest BCUT2D eigenvalue weighted by molar-refractivity contribution is 7.90. The largest absolute Gasteiger partial charge is 0.330 e. The topological polar surface area (TPSA) is 136 Å². The van der Waals surface area contributed by atoms with E-state index in [1.54, 1.807) is 4.57 Å². The lowest BCUT2D eigenvalue weighted by molar-refractivity contribution is -0.116. The van der Waals surface area contributed by atoms with E-state index in [-0.39, 0.29) is 29.6 Å². The van der Waals surface area contributed by atoms with E-state index in [0.29, 0.717) is 35.8 Å². The van der Waals surface area contributed by atoms with Gasteiger partial charge in [0, 0.05) is 37.9 Å². The highest BCUT2D eigenvalue weighted by Gasteiger charge is 2.20. The zero-order valence-corrected chi connectivity index (χ0v) is 20.7. The number of benzene rings is 1. The molecule has 0 spiro atoms. The lowest BCUT2D eigenvalue weighted by atomic mass is 10.2. The normalized spacial score (nSPS) is 11.9. The number of anilines is 1. The number of fused-ring (bicyclic) bond motifs is 1. The summed E-state index contributed by atoms with van der Waals surface area (Å²) < 4.78 is 26.5. The average Bonchev–Trinajstić information content (AvgIpc) is 3.09. The smallest absolute Gasteiger partial charge is 0.326 e. The maximum atomic E-state index is 12.7. The zero-order valence-electron chi connectivity index (χ0n) is 19.9. The van der Waals surface area contributed by atoms with Crippen LogP contribution in [0.2, 0.25) is 0 Å². The fraction of sp³-hybridized carbons (Fsp3) is 0.478. The number of rotatable bonds is 10. The molecule has 34 heavy (non-hydrogen) atoms. The number of aromatic amines is 1. The Morgan fingerprint density at radius 2 is 1.82 bits per heavy atom. The lowest BCUT2D eigenvalue weighted by Crippen LogP contribution is -2.31. The third-order valence-electron chi connectivity index (χ3n) is 5.39. The van der Waals surface area contributed by atoms with Crippen LogP contribution in [0.4, 0.5) is 5.69 Å². The molecule has 2 aromatic heterocycles. The molecule has 3 aromatic rings. The first-order valence-corrected chi connectivity index (χ1v) is 13.2. The molecule has 0 aliphatic carbocycles. The highest BCUT2D eigenvalue weighted by atomic mass is 32.2. The van der Waals surface area contributed by atoms with Crippen LogP contribution in [-0.2, 0) is 34.1 Å². The van der Waals surface area contributed by atoms with Crippen molar-refractivity contribution in [2.75, 3.05) is 11.6 Å². The summed E-state index contributed by atoms with van der Waals surface area (Å²) in [5, 5.41) is 2.75. The molecular weight excluding hydrogens is 458 g/mol. The van der Waals surface area contributed by atoms with Crippen molar-refractivity contribution in [3.8, 4) is 0 Å². The maximum Gasteiger partial charge on any atom is 0.330 e. The number of sulfone groups is 1. The lowest BCUT2D eigenvalue weighted by Gasteiger charge is -2.12. The van der Waals surface area contributed by atoms with Crippen molar-refractivity contribution in [1.29, 1.82) is 0 Å². The van der Waals surface area contributed by atoms with Crippen LogP contribution in [0.5, 0.6) is 0 Å². The molecule has 0 unspecified atom stereocenters. The van der Waals surface area contributed by atoms with Gasteiger partial charge in [0.15, 0.2) is 21.0 Å². The molecule has 0 atom stereocenters. The second-order valence-corrected chi connectivity index (χ2v) is 10.8. The van der Waals surface area contributed by atoms with Crippen LogP contribution in [0.3, 0.4) is 0 Å². The van der Waals surface area contributed by atoms with Gasteiger partial charge in [0.05, 0.1) is 4.90 Å². The number of imidazole rings is 1. The second kappa shape index (κ2) is 10.4. The second-order valence-electron chi connectivity index (χ2n) is 8.81. The molecule has 3 rings (SSSR count). The molecular formula is C23H31N5O5S. The molecule has 0 aliphatic heterocycles. The van der Waals surface area contributed by atoms with Crippen molar-refractivity contribution in [2.45, 2.75) is 64.4 Å². The van der Waals surface area contributed by atoms with Gasteiger partial charge < -0.3 is 9.88 Å². The van der Waals surface area contributed by atoms with Crippen molar-refractivity contribution in [1.82, 2.24) is 19.1 Å². The number of aromatic nitrogens is 4. The molecule has 0 bridgehead atoms. The van der Waals surface area contributed by atoms with E-state index < -0.39 is 21.1 Å². The molecule has 0 aliphatic rings. The molecule has 184 valence electrons. The van der Waals surface area contributed by atoms with Crippen LogP contribution < -0.4 is 16.6 Å². The van der Waals surface area contributed by atoms with Gasteiger partial charge in [-0.25, -0.2) is 18.2 Å². The number of hydrogen-bond acceptors (Lipinski definition) is 6. The van der Waals surface area contributed by atoms with E-state index >= 15 is 0 Å². The van der Waals surface area contributed by atoms with Crippen LogP contribution in [0, 0.1) is 5.92 Å². The Morgan fingerprint density at radius 3 is 2.41 bits per heavy atom. The first kappa shape index (κ1) is 25.4. The fourth-order valence-electron chi connectivity index (χ4n) is 3.73. The number of amides is 1. The first-order valence-electron chi connectivity index (χ1n) is 11.3. The zero-order chi connectivity index (χ0) is 25.0. The van der Waals surface area contributed by atoms with Crippen molar-refractivity contribution in [3.63, 3.8) is 0 Å². The van der Waals surface area contributed by atoms with Crippen molar-refractivity contribution in [3.05, 3.63) is 50.9 Å². The van der Waals surface area contributed by atoms with Gasteiger partial charge in [0.1, 0.15) is 5.82 Å². The minimum absolute atomic E-state index is 0.104. The summed E-state index contributed by atoms with van der Waals surface area (Å²) in [6, 6.07) is 5.95. The van der Waals surface area contributed by atoms with Crippen LogP contribution in [0.25, 0.3) is 11.2 Å². The quantitative estimate of drug-likeness (QED) is 0.449. The Morgan fingerprint density at radius 1 is 1.15 bits per heavy atom. The van der Waals surface area contributed by atoms with Crippen molar-refractivity contribution >= 4 is 32.6 Å². The third-order valence-corrected chi connectivity index (χ3v) is 6.52. The molecule has 2 heterocycles. The molecule has 0 radical (unpaired) electrons. The van der Waals surface area contributed by atoms with Gasteiger partial charge in [0.2, 0.25) is 5.91 Å². The van der Waals surface area contributed by atoms with Crippen LogP contribution in [0.15, 0.2) is 38.8 Å². The first-order chi connectivity index (χ1) is 16.0. The van der Waals surface area contributed by atoms with Gasteiger partial charge in [-0.1, -0.05) is 27.2 Å². The summed E-state index contributed by atoms with van der Waals surface area (Å²) in [5.74, 6) is 0.508. The van der Waals surface area contributed by atoms with Gasteiger partial charge in [-0.3, -0.25) is 19.1 Å². The van der Waals surface area contributed by atoms with Crippen LogP contribution >= 0.6 is 0 Å². The highest BCUT2D eigenvalue weighted by Crippen LogP contribution is 2.17. The number of carbonyl (C=O) groups is 1. The van der Waals surface area contributed by atoms with Gasteiger partial charge in [0.25, 0.3) is 5.56 Å². The molecule has 0 fully saturated rings. The van der Waals surface area contributed by atoms with Crippen LogP contribution in [-0.4, -0.2) is 39.7 Å². The molecule has 1 amide bonds. The van der Waals surface area contributed by atoms with E-state index in [0.717, 1.165) is 19.1 Å². The molecule has 10 nitrogen and oxygen atoms in total. The monoisotopic (exact) mass is 489 g/mol. The van der Waals surface area contributed by atoms with E-state index in [9.17, 15) is 22.8 Å². The number of nitrogens with one attached hydrogen (secondary N) is 2. The van der Waals surface area contributed by atoms with Crippen LogP contribution in [0.1, 0.15) is 45.9 Å². The summed E-state index contributed by atoms with van der Waals surface area (Å²) in [6.07, 6.45) is 3.16. The number of carbonyl (C=O) groups excluding carboxylic acids is 1. The Balaban J connectivity index is 1.87. The molecule has 2 N–H and O–H groups in total. The summed E-state index contributed by atoms with van der Waals surface area (Å²) in [6.45, 7) is 7.03. The number of aryl methyl sites for hydroxylation is 2. The Kier molecular flexibility index (Phi) is 7.75. The minimum Gasteiger partial charge on any atom is -0.326 e. The van der Waals surface area contributed by atoms with Gasteiger partial charge >= 0.3 is 5.69 Å². The van der Waals surface area contributed by atoms with E-state index in [1.807, 2.05) is 20.8 Å². The van der Waals surface area contributed by atoms with Gasteiger partial charge in [-0.15, -0.1) is 0 Å². The fourth-order valence-corrected chi connectivity index (χ4v) is 4.36. The number of nitrogens with zero attached hydrogens (tertiary/aromatic N) is 3. The molecule has 11 heteroatoms. The molecule has 0 saturated heterocycles. The standard InChI is InChI=1S/C23H31N5O5S/c1-5-6-13-27-21-20(22(30)26-23(27)31)28(14-15(2)3)18(25-21)11-12-19(29)24-16-7-9-17(10-8-16)34(4,32)33/h7-10,15H,5-6,11-14H2,1-4H3,(H,24,29)(H,26,30,31). The van der Waals surface area contributed by atoms with Gasteiger partial charge in [-0.2, -0.15) is 0 Å². The number of H-pyrrole nitrogens is 1. The minimum atomic E-state index is -3.31. The van der Waals surface area contributed by atoms with Crippen molar-refractivity contribution < 1.29 is 13.2 Å².